The van der Waals surface area contributed by atoms with E-state index in [2.05, 4.69) is 9.80 Å². The van der Waals surface area contributed by atoms with Crippen LogP contribution in [-0.2, 0) is 4.74 Å². The number of aliphatic hydroxyl groups is 1. The van der Waals surface area contributed by atoms with Crippen LogP contribution in [0.1, 0.15) is 52.4 Å². The fourth-order valence-corrected chi connectivity index (χ4v) is 3.80. The Morgan fingerprint density at radius 2 is 1.68 bits per heavy atom. The zero-order valence-corrected chi connectivity index (χ0v) is 14.7. The highest BCUT2D eigenvalue weighted by molar-refractivity contribution is 4.78. The van der Waals surface area contributed by atoms with Gasteiger partial charge < -0.3 is 19.6 Å². The molecule has 4 nitrogen and oxygen atoms in total. The first-order valence-corrected chi connectivity index (χ1v) is 9.38. The minimum absolute atomic E-state index is 0.201. The summed E-state index contributed by atoms with van der Waals surface area (Å²) in [6.07, 6.45) is 8.06. The molecular formula is C18H36N2O2. The number of likely N-dealkylation sites (tertiary alicyclic amines) is 2. The molecule has 0 saturated carbocycles. The van der Waals surface area contributed by atoms with E-state index in [0.29, 0.717) is 6.61 Å². The maximum Gasteiger partial charge on any atom is 0.0900 e. The SMILES string of the molecule is CC(C)OCC(O)CN1CCCC(CN2CCCCCC2)C1. The molecule has 2 atom stereocenters. The fourth-order valence-electron chi connectivity index (χ4n) is 3.80. The summed E-state index contributed by atoms with van der Waals surface area (Å²) in [7, 11) is 0. The second kappa shape index (κ2) is 9.86. The van der Waals surface area contributed by atoms with Crippen LogP contribution < -0.4 is 0 Å². The molecule has 22 heavy (non-hydrogen) atoms. The molecule has 0 radical (unpaired) electrons. The van der Waals surface area contributed by atoms with Gasteiger partial charge in [-0.25, -0.2) is 0 Å². The lowest BCUT2D eigenvalue weighted by atomic mass is 9.97. The van der Waals surface area contributed by atoms with Gasteiger partial charge in [0, 0.05) is 19.6 Å². The van der Waals surface area contributed by atoms with Crippen LogP contribution in [0.4, 0.5) is 0 Å². The number of aliphatic hydroxyl groups excluding tert-OH is 1. The molecule has 2 unspecified atom stereocenters. The third kappa shape index (κ3) is 6.95. The fraction of sp³-hybridized carbons (Fsp3) is 1.00. The van der Waals surface area contributed by atoms with E-state index in [1.807, 2.05) is 13.8 Å². The molecule has 0 aromatic rings. The Morgan fingerprint density at radius 3 is 2.36 bits per heavy atom. The molecule has 2 fully saturated rings. The quantitative estimate of drug-likeness (QED) is 0.783. The lowest BCUT2D eigenvalue weighted by Gasteiger charge is -2.36. The van der Waals surface area contributed by atoms with Gasteiger partial charge in [-0.3, -0.25) is 0 Å². The smallest absolute Gasteiger partial charge is 0.0900 e. The van der Waals surface area contributed by atoms with Crippen molar-refractivity contribution in [3.05, 3.63) is 0 Å². The number of hydrogen-bond donors (Lipinski definition) is 1. The van der Waals surface area contributed by atoms with Gasteiger partial charge in [-0.1, -0.05) is 12.8 Å². The van der Waals surface area contributed by atoms with Gasteiger partial charge in [0.2, 0.25) is 0 Å². The van der Waals surface area contributed by atoms with E-state index < -0.39 is 0 Å². The predicted octanol–water partition coefficient (Wildman–Crippen LogP) is 2.36. The number of ether oxygens (including phenoxy) is 1. The summed E-state index contributed by atoms with van der Waals surface area (Å²) >= 11 is 0. The molecule has 0 aromatic heterocycles. The molecule has 0 aromatic carbocycles. The number of β-amino-alcohol motifs (C(OH)–C–C–N with tert-alkyl or cyclic N) is 1. The predicted molar refractivity (Wildman–Crippen MR) is 91.2 cm³/mol. The van der Waals surface area contributed by atoms with E-state index in [1.54, 1.807) is 0 Å². The van der Waals surface area contributed by atoms with E-state index in [9.17, 15) is 5.11 Å². The van der Waals surface area contributed by atoms with Crippen LogP contribution in [0.3, 0.4) is 0 Å². The summed E-state index contributed by atoms with van der Waals surface area (Å²) < 4.78 is 5.52. The van der Waals surface area contributed by atoms with Crippen molar-refractivity contribution in [2.24, 2.45) is 5.92 Å². The van der Waals surface area contributed by atoms with Crippen LogP contribution in [-0.4, -0.2) is 73.0 Å². The summed E-state index contributed by atoms with van der Waals surface area (Å²) in [6, 6.07) is 0. The highest BCUT2D eigenvalue weighted by Crippen LogP contribution is 2.20. The number of nitrogens with zero attached hydrogens (tertiary/aromatic N) is 2. The lowest BCUT2D eigenvalue weighted by Crippen LogP contribution is -2.44. The summed E-state index contributed by atoms with van der Waals surface area (Å²) in [5.41, 5.74) is 0. The van der Waals surface area contributed by atoms with Gasteiger partial charge in [0.25, 0.3) is 0 Å². The summed E-state index contributed by atoms with van der Waals surface area (Å²) in [4.78, 5) is 5.12. The molecule has 130 valence electrons. The Morgan fingerprint density at radius 1 is 1.00 bits per heavy atom. The van der Waals surface area contributed by atoms with Gasteiger partial charge in [0.05, 0.1) is 18.8 Å². The van der Waals surface area contributed by atoms with Crippen molar-refractivity contribution in [3.63, 3.8) is 0 Å². The molecule has 0 bridgehead atoms. The van der Waals surface area contributed by atoms with Crippen molar-refractivity contribution >= 4 is 0 Å². The zero-order valence-electron chi connectivity index (χ0n) is 14.7. The van der Waals surface area contributed by atoms with Crippen molar-refractivity contribution in [3.8, 4) is 0 Å². The number of rotatable bonds is 7. The zero-order chi connectivity index (χ0) is 15.8. The van der Waals surface area contributed by atoms with Crippen LogP contribution in [0.15, 0.2) is 0 Å². The van der Waals surface area contributed by atoms with Crippen LogP contribution in [0, 0.1) is 5.92 Å². The van der Waals surface area contributed by atoms with Crippen LogP contribution in [0.5, 0.6) is 0 Å². The summed E-state index contributed by atoms with van der Waals surface area (Å²) in [6.45, 7) is 11.4. The minimum Gasteiger partial charge on any atom is -0.389 e. The van der Waals surface area contributed by atoms with Crippen molar-refractivity contribution in [2.45, 2.75) is 64.6 Å². The van der Waals surface area contributed by atoms with Gasteiger partial charge in [0.1, 0.15) is 0 Å². The lowest BCUT2D eigenvalue weighted by molar-refractivity contribution is -0.0146. The van der Waals surface area contributed by atoms with Crippen molar-refractivity contribution in [1.82, 2.24) is 9.80 Å². The minimum atomic E-state index is -0.348. The molecule has 2 aliphatic rings. The number of hydrogen-bond acceptors (Lipinski definition) is 4. The maximum absolute atomic E-state index is 10.1. The second-order valence-electron chi connectivity index (χ2n) is 7.52. The first kappa shape index (κ1) is 18.2. The summed E-state index contributed by atoms with van der Waals surface area (Å²) in [5.74, 6) is 0.782. The number of piperidine rings is 1. The second-order valence-corrected chi connectivity index (χ2v) is 7.52. The largest absolute Gasteiger partial charge is 0.389 e. The molecule has 0 spiro atoms. The van der Waals surface area contributed by atoms with Gasteiger partial charge in [-0.05, 0) is 65.1 Å². The highest BCUT2D eigenvalue weighted by atomic mass is 16.5. The molecule has 2 rings (SSSR count). The highest BCUT2D eigenvalue weighted by Gasteiger charge is 2.24. The molecule has 1 N–H and O–H groups in total. The summed E-state index contributed by atoms with van der Waals surface area (Å²) in [5, 5.41) is 10.1. The third-order valence-corrected chi connectivity index (χ3v) is 4.91. The topological polar surface area (TPSA) is 35.9 Å². The standard InChI is InChI=1S/C18H36N2O2/c1-16(2)22-15-18(21)14-20-11-7-8-17(13-20)12-19-9-5-3-4-6-10-19/h16-18,21H,3-15H2,1-2H3. The average molecular weight is 312 g/mol. The van der Waals surface area contributed by atoms with Crippen molar-refractivity contribution in [2.75, 3.05) is 45.9 Å². The molecule has 2 saturated heterocycles. The van der Waals surface area contributed by atoms with Crippen LogP contribution in [0.2, 0.25) is 0 Å². The van der Waals surface area contributed by atoms with Gasteiger partial charge in [-0.2, -0.15) is 0 Å². The Balaban J connectivity index is 1.69. The maximum atomic E-state index is 10.1. The Bertz CT molecular complexity index is 291. The Labute approximate surface area is 136 Å². The molecule has 0 aliphatic carbocycles. The molecule has 0 amide bonds. The van der Waals surface area contributed by atoms with E-state index in [1.165, 1.54) is 58.2 Å². The molecular weight excluding hydrogens is 276 g/mol. The molecule has 2 heterocycles. The first-order valence-electron chi connectivity index (χ1n) is 9.38. The van der Waals surface area contributed by atoms with Crippen LogP contribution >= 0.6 is 0 Å². The van der Waals surface area contributed by atoms with E-state index >= 15 is 0 Å². The monoisotopic (exact) mass is 312 g/mol. The molecule has 4 heteroatoms. The van der Waals surface area contributed by atoms with Crippen molar-refractivity contribution < 1.29 is 9.84 Å². The normalized spacial score (nSPS) is 27.0. The van der Waals surface area contributed by atoms with Crippen LogP contribution in [0.25, 0.3) is 0 Å². The van der Waals surface area contributed by atoms with Gasteiger partial charge >= 0.3 is 0 Å². The van der Waals surface area contributed by atoms with E-state index in [0.717, 1.165) is 25.6 Å². The Kier molecular flexibility index (Phi) is 8.15. The van der Waals surface area contributed by atoms with Gasteiger partial charge in [-0.15, -0.1) is 0 Å². The van der Waals surface area contributed by atoms with E-state index in [-0.39, 0.29) is 12.2 Å². The first-order chi connectivity index (χ1) is 10.6. The average Bonchev–Trinajstić information content (AvgIpc) is 2.74. The molecule has 2 aliphatic heterocycles. The Hall–Kier alpha value is -0.160. The van der Waals surface area contributed by atoms with Gasteiger partial charge in [0.15, 0.2) is 0 Å². The van der Waals surface area contributed by atoms with E-state index in [4.69, 9.17) is 4.74 Å². The van der Waals surface area contributed by atoms with Crippen molar-refractivity contribution in [1.29, 1.82) is 0 Å². The third-order valence-electron chi connectivity index (χ3n) is 4.91.